The summed E-state index contributed by atoms with van der Waals surface area (Å²) in [4.78, 5) is 11.6. The van der Waals surface area contributed by atoms with E-state index in [9.17, 15) is 19.4 Å². The molecule has 0 aromatic heterocycles. The largest absolute Gasteiger partial charge is 0.445 e. The van der Waals surface area contributed by atoms with Gasteiger partial charge in [-0.2, -0.15) is 5.26 Å². The van der Waals surface area contributed by atoms with Gasteiger partial charge in [-0.1, -0.05) is 42.5 Å². The van der Waals surface area contributed by atoms with E-state index in [1.165, 1.54) is 12.1 Å². The molecule has 6 nitrogen and oxygen atoms in total. The summed E-state index contributed by atoms with van der Waals surface area (Å²) in [6.07, 6.45) is -3.73. The van der Waals surface area contributed by atoms with Gasteiger partial charge in [-0.3, -0.25) is 0 Å². The second kappa shape index (κ2) is 8.78. The van der Waals surface area contributed by atoms with E-state index in [4.69, 9.17) is 10.00 Å². The number of nitrogens with one attached hydrogen (secondary N) is 1. The first kappa shape index (κ1) is 18.4. The Kier molecular flexibility index (Phi) is 6.46. The first-order valence-corrected chi connectivity index (χ1v) is 7.52. The minimum atomic E-state index is -1.53. The van der Waals surface area contributed by atoms with Gasteiger partial charge < -0.3 is 20.3 Å². The fourth-order valence-corrected chi connectivity index (χ4v) is 2.19. The van der Waals surface area contributed by atoms with Crippen LogP contribution < -0.4 is 5.32 Å². The number of alkyl carbamates (subject to hydrolysis) is 1. The summed E-state index contributed by atoms with van der Waals surface area (Å²) < 4.78 is 18.5. The standard InChI is InChI=1S/C18H17FN2O4/c19-15-8-4-7-13(14(15)9-20)17(23)16(22)10-21-18(24)25-11-12-5-2-1-3-6-12/h1-8,16-17,22-23H,10-11H2,(H,21,24). The first-order chi connectivity index (χ1) is 12.0. The Morgan fingerprint density at radius 1 is 1.20 bits per heavy atom. The Morgan fingerprint density at radius 2 is 1.92 bits per heavy atom. The molecular formula is C18H17FN2O4. The van der Waals surface area contributed by atoms with Gasteiger partial charge in [0.15, 0.2) is 0 Å². The lowest BCUT2D eigenvalue weighted by Crippen LogP contribution is -2.36. The molecule has 0 aliphatic rings. The van der Waals surface area contributed by atoms with Crippen molar-refractivity contribution in [3.8, 4) is 6.07 Å². The zero-order valence-corrected chi connectivity index (χ0v) is 13.2. The van der Waals surface area contributed by atoms with Crippen LogP contribution in [0.4, 0.5) is 9.18 Å². The molecule has 0 fully saturated rings. The highest BCUT2D eigenvalue weighted by Gasteiger charge is 2.23. The van der Waals surface area contributed by atoms with Crippen molar-refractivity contribution >= 4 is 6.09 Å². The number of benzene rings is 2. The number of rotatable bonds is 6. The van der Waals surface area contributed by atoms with Crippen molar-refractivity contribution in [3.05, 3.63) is 71.0 Å². The van der Waals surface area contributed by atoms with Gasteiger partial charge in [-0.05, 0) is 11.6 Å². The summed E-state index contributed by atoms with van der Waals surface area (Å²) in [6.45, 7) is -0.260. The molecule has 0 saturated carbocycles. The van der Waals surface area contributed by atoms with Crippen molar-refractivity contribution in [1.29, 1.82) is 5.26 Å². The van der Waals surface area contributed by atoms with Gasteiger partial charge in [0.05, 0.1) is 5.56 Å². The van der Waals surface area contributed by atoms with Crippen LogP contribution in [0.5, 0.6) is 0 Å². The predicted molar refractivity (Wildman–Crippen MR) is 86.7 cm³/mol. The quantitative estimate of drug-likeness (QED) is 0.744. The first-order valence-electron chi connectivity index (χ1n) is 7.52. The number of nitrogens with zero attached hydrogens (tertiary/aromatic N) is 1. The van der Waals surface area contributed by atoms with Gasteiger partial charge >= 0.3 is 6.09 Å². The van der Waals surface area contributed by atoms with E-state index < -0.39 is 24.1 Å². The normalized spacial score (nSPS) is 12.7. The summed E-state index contributed by atoms with van der Waals surface area (Å²) in [5.74, 6) is -0.790. The molecule has 0 heterocycles. The lowest BCUT2D eigenvalue weighted by molar-refractivity contribution is 0.0181. The monoisotopic (exact) mass is 344 g/mol. The van der Waals surface area contributed by atoms with E-state index in [-0.39, 0.29) is 24.3 Å². The van der Waals surface area contributed by atoms with Crippen molar-refractivity contribution in [2.45, 2.75) is 18.8 Å². The number of carbonyl (C=O) groups excluding carboxylic acids is 1. The number of carbonyl (C=O) groups is 1. The molecule has 130 valence electrons. The molecule has 0 saturated heterocycles. The Hall–Kier alpha value is -2.95. The topological polar surface area (TPSA) is 103 Å². The van der Waals surface area contributed by atoms with Crippen LogP contribution in [0.15, 0.2) is 48.5 Å². The van der Waals surface area contributed by atoms with E-state index in [0.29, 0.717) is 0 Å². The Balaban J connectivity index is 1.87. The van der Waals surface area contributed by atoms with Crippen molar-refractivity contribution in [2.24, 2.45) is 0 Å². The number of nitriles is 1. The fraction of sp³-hybridized carbons (Fsp3) is 0.222. The number of hydrogen-bond acceptors (Lipinski definition) is 5. The summed E-state index contributed by atoms with van der Waals surface area (Å²) in [7, 11) is 0. The lowest BCUT2D eigenvalue weighted by Gasteiger charge is -2.19. The third-order valence-corrected chi connectivity index (χ3v) is 3.51. The highest BCUT2D eigenvalue weighted by atomic mass is 19.1. The van der Waals surface area contributed by atoms with Crippen molar-refractivity contribution in [3.63, 3.8) is 0 Å². The van der Waals surface area contributed by atoms with Gasteiger partial charge in [-0.25, -0.2) is 9.18 Å². The van der Waals surface area contributed by atoms with Crippen LogP contribution in [0.2, 0.25) is 0 Å². The number of aliphatic hydroxyl groups excluding tert-OH is 2. The van der Waals surface area contributed by atoms with E-state index >= 15 is 0 Å². The van der Waals surface area contributed by atoms with Gasteiger partial charge in [0.1, 0.15) is 30.7 Å². The maximum atomic E-state index is 13.5. The van der Waals surface area contributed by atoms with Crippen LogP contribution in [0, 0.1) is 17.1 Å². The molecule has 3 N–H and O–H groups in total. The SMILES string of the molecule is N#Cc1c(F)cccc1C(O)C(O)CNC(=O)OCc1ccccc1. The molecule has 2 aromatic rings. The molecule has 2 rings (SSSR count). The highest BCUT2D eigenvalue weighted by Crippen LogP contribution is 2.22. The summed E-state index contributed by atoms with van der Waals surface area (Å²) in [5.41, 5.74) is 0.409. The molecule has 25 heavy (non-hydrogen) atoms. The van der Waals surface area contributed by atoms with Crippen LogP contribution in [0.25, 0.3) is 0 Å². The average molecular weight is 344 g/mol. The van der Waals surface area contributed by atoms with E-state index in [0.717, 1.165) is 11.6 Å². The number of ether oxygens (including phenoxy) is 1. The minimum Gasteiger partial charge on any atom is -0.445 e. The summed E-state index contributed by atoms with van der Waals surface area (Å²) in [6, 6.07) is 14.4. The van der Waals surface area contributed by atoms with Crippen LogP contribution in [-0.2, 0) is 11.3 Å². The highest BCUT2D eigenvalue weighted by molar-refractivity contribution is 5.67. The molecule has 0 bridgehead atoms. The fourth-order valence-electron chi connectivity index (χ4n) is 2.19. The molecule has 7 heteroatoms. The summed E-state index contributed by atoms with van der Waals surface area (Å²) in [5, 5.41) is 31.3. The van der Waals surface area contributed by atoms with Gasteiger partial charge in [0.25, 0.3) is 0 Å². The van der Waals surface area contributed by atoms with Crippen LogP contribution in [-0.4, -0.2) is 29.0 Å². The van der Waals surface area contributed by atoms with Crippen LogP contribution in [0.3, 0.4) is 0 Å². The Labute approximate surface area is 144 Å². The molecule has 0 aliphatic heterocycles. The third kappa shape index (κ3) is 5.01. The molecule has 1 amide bonds. The van der Waals surface area contributed by atoms with Crippen molar-refractivity contribution in [1.82, 2.24) is 5.32 Å². The minimum absolute atomic E-state index is 0.0468. The smallest absolute Gasteiger partial charge is 0.407 e. The Morgan fingerprint density at radius 3 is 2.60 bits per heavy atom. The van der Waals surface area contributed by atoms with Crippen LogP contribution >= 0.6 is 0 Å². The second-order valence-corrected chi connectivity index (χ2v) is 5.27. The lowest BCUT2D eigenvalue weighted by atomic mass is 9.99. The zero-order valence-electron chi connectivity index (χ0n) is 13.2. The zero-order chi connectivity index (χ0) is 18.2. The molecule has 2 aromatic carbocycles. The third-order valence-electron chi connectivity index (χ3n) is 3.51. The predicted octanol–water partition coefficient (Wildman–Crippen LogP) is 2.02. The Bertz CT molecular complexity index is 761. The number of amides is 1. The van der Waals surface area contributed by atoms with E-state index in [1.54, 1.807) is 18.2 Å². The van der Waals surface area contributed by atoms with Crippen LogP contribution in [0.1, 0.15) is 22.8 Å². The molecule has 0 radical (unpaired) electrons. The second-order valence-electron chi connectivity index (χ2n) is 5.27. The average Bonchev–Trinajstić information content (AvgIpc) is 2.64. The molecule has 2 unspecified atom stereocenters. The number of halogens is 1. The van der Waals surface area contributed by atoms with Gasteiger partial charge in [0.2, 0.25) is 0 Å². The van der Waals surface area contributed by atoms with E-state index in [1.807, 2.05) is 18.2 Å². The van der Waals surface area contributed by atoms with Crippen molar-refractivity contribution < 1.29 is 24.1 Å². The van der Waals surface area contributed by atoms with Crippen molar-refractivity contribution in [2.75, 3.05) is 6.54 Å². The number of aliphatic hydroxyl groups is 2. The van der Waals surface area contributed by atoms with Gasteiger partial charge in [0, 0.05) is 12.1 Å². The number of hydrogen-bond donors (Lipinski definition) is 3. The maximum Gasteiger partial charge on any atom is 0.407 e. The molecule has 0 aliphatic carbocycles. The van der Waals surface area contributed by atoms with Gasteiger partial charge in [-0.15, -0.1) is 0 Å². The summed E-state index contributed by atoms with van der Waals surface area (Å²) >= 11 is 0. The molecule has 2 atom stereocenters. The molecular weight excluding hydrogens is 327 g/mol. The van der Waals surface area contributed by atoms with E-state index in [2.05, 4.69) is 5.32 Å². The molecule has 0 spiro atoms. The maximum absolute atomic E-state index is 13.5.